The van der Waals surface area contributed by atoms with Crippen molar-refractivity contribution in [1.82, 2.24) is 4.98 Å². The van der Waals surface area contributed by atoms with Crippen LogP contribution < -0.4 is 4.90 Å². The Morgan fingerprint density at radius 2 is 1.42 bits per heavy atom. The van der Waals surface area contributed by atoms with Gasteiger partial charge in [-0.25, -0.2) is 0 Å². The smallest absolute Gasteiger partial charge is 0.197 e. The number of para-hydroxylation sites is 1. The van der Waals surface area contributed by atoms with Gasteiger partial charge >= 0.3 is 0 Å². The Labute approximate surface area is 288 Å². The molecule has 0 unspecified atom stereocenters. The first kappa shape index (κ1) is 34.2. The number of anilines is 2. The number of ketones is 2. The lowest BCUT2D eigenvalue weighted by Crippen LogP contribution is -2.18. The highest BCUT2D eigenvalue weighted by Crippen LogP contribution is 2.53. The van der Waals surface area contributed by atoms with Gasteiger partial charge in [0.25, 0.3) is 0 Å². The Bertz CT molecular complexity index is 2060. The summed E-state index contributed by atoms with van der Waals surface area (Å²) in [4.78, 5) is 35.9. The second-order valence-electron chi connectivity index (χ2n) is 11.6. The summed E-state index contributed by atoms with van der Waals surface area (Å²) in [5.74, 6) is -0.423. The highest BCUT2D eigenvalue weighted by Gasteiger charge is 2.40. The molecule has 0 atom stereocenters. The second-order valence-corrected chi connectivity index (χ2v) is 12.6. The molecular weight excluding hydrogens is 609 g/mol. The molecule has 242 valence electrons. The van der Waals surface area contributed by atoms with Crippen LogP contribution in [0.1, 0.15) is 85.2 Å². The maximum Gasteiger partial charge on any atom is 0.197 e. The summed E-state index contributed by atoms with van der Waals surface area (Å²) in [5.41, 5.74) is 6.99. The fraction of sp³-hybridized carbons (Fsp3) is 0.186. The number of rotatable bonds is 6. The van der Waals surface area contributed by atoms with Gasteiger partial charge in [0.05, 0.1) is 28.0 Å². The largest absolute Gasteiger partial charge is 0.309 e. The molecule has 48 heavy (non-hydrogen) atoms. The molecule has 0 radical (unpaired) electrons. The number of carbonyl (C=O) groups excluding carboxylic acids is 2. The molecule has 4 nitrogen and oxygen atoms in total. The van der Waals surface area contributed by atoms with E-state index < -0.39 is 0 Å². The van der Waals surface area contributed by atoms with Crippen molar-refractivity contribution in [3.05, 3.63) is 154 Å². The first-order valence-electron chi connectivity index (χ1n) is 16.6. The molecule has 2 aliphatic rings. The molecule has 0 spiro atoms. The molecule has 0 fully saturated rings. The van der Waals surface area contributed by atoms with Crippen LogP contribution in [0.5, 0.6) is 0 Å². The number of fused-ring (bicyclic) bond motifs is 5. The second kappa shape index (κ2) is 14.3. The first-order chi connectivity index (χ1) is 23.3. The van der Waals surface area contributed by atoms with E-state index in [-0.39, 0.29) is 22.6 Å². The Kier molecular flexibility index (Phi) is 10.2. The van der Waals surface area contributed by atoms with Gasteiger partial charge in [-0.15, -0.1) is 11.3 Å². The lowest BCUT2D eigenvalue weighted by atomic mass is 9.83. The van der Waals surface area contributed by atoms with E-state index in [1.807, 2.05) is 120 Å². The van der Waals surface area contributed by atoms with Crippen molar-refractivity contribution >= 4 is 51.1 Å². The van der Waals surface area contributed by atoms with Crippen LogP contribution in [0, 0.1) is 0 Å². The zero-order chi connectivity index (χ0) is 34.6. The van der Waals surface area contributed by atoms with E-state index >= 15 is 0 Å². The molecule has 5 heteroatoms. The van der Waals surface area contributed by atoms with Crippen molar-refractivity contribution in [2.75, 3.05) is 4.90 Å². The van der Waals surface area contributed by atoms with Crippen LogP contribution in [0.2, 0.25) is 0 Å². The van der Waals surface area contributed by atoms with Gasteiger partial charge in [-0.05, 0) is 83.4 Å². The summed E-state index contributed by atoms with van der Waals surface area (Å²) in [6.45, 7) is 18.5. The van der Waals surface area contributed by atoms with E-state index in [9.17, 15) is 9.59 Å². The number of pyridine rings is 1. The third-order valence-electron chi connectivity index (χ3n) is 8.54. The lowest BCUT2D eigenvalue weighted by molar-refractivity contribution is 0.0990. The van der Waals surface area contributed by atoms with Gasteiger partial charge in [0, 0.05) is 32.8 Å². The first-order valence-corrected chi connectivity index (χ1v) is 17.4. The van der Waals surface area contributed by atoms with Crippen molar-refractivity contribution in [1.29, 1.82) is 0 Å². The Balaban J connectivity index is 0.00000109. The number of hydrogen-bond acceptors (Lipinski definition) is 5. The van der Waals surface area contributed by atoms with Gasteiger partial charge < -0.3 is 4.90 Å². The molecule has 0 amide bonds. The van der Waals surface area contributed by atoms with Crippen molar-refractivity contribution in [3.8, 4) is 10.6 Å². The van der Waals surface area contributed by atoms with Crippen LogP contribution in [0.4, 0.5) is 11.4 Å². The molecule has 5 aromatic rings. The minimum Gasteiger partial charge on any atom is -0.309 e. The molecule has 0 saturated heterocycles. The number of nitrogens with zero attached hydrogens (tertiary/aromatic N) is 2. The third kappa shape index (κ3) is 5.91. The van der Waals surface area contributed by atoms with Gasteiger partial charge in [0.2, 0.25) is 0 Å². The van der Waals surface area contributed by atoms with E-state index in [4.69, 9.17) is 4.98 Å². The summed E-state index contributed by atoms with van der Waals surface area (Å²) in [6, 6.07) is 26.0. The van der Waals surface area contributed by atoms with E-state index in [2.05, 4.69) is 49.6 Å². The maximum absolute atomic E-state index is 13.4. The van der Waals surface area contributed by atoms with Gasteiger partial charge in [-0.3, -0.25) is 14.6 Å². The van der Waals surface area contributed by atoms with Crippen molar-refractivity contribution in [3.63, 3.8) is 0 Å². The summed E-state index contributed by atoms with van der Waals surface area (Å²) >= 11 is 1.58. The van der Waals surface area contributed by atoms with Gasteiger partial charge in [-0.2, -0.15) is 0 Å². The fourth-order valence-corrected chi connectivity index (χ4v) is 7.51. The number of hydrogen-bond donors (Lipinski definition) is 0. The summed E-state index contributed by atoms with van der Waals surface area (Å²) in [5, 5.41) is 1.91. The number of Topliss-reactive ketones (excluding diaryl/α,β-unsaturated/α-hetero) is 2. The predicted octanol–water partition coefficient (Wildman–Crippen LogP) is 11.9. The summed E-state index contributed by atoms with van der Waals surface area (Å²) in [6.07, 6.45) is 11.6. The molecule has 7 rings (SSSR count). The molecule has 2 aromatic heterocycles. The molecule has 2 heterocycles. The highest BCUT2D eigenvalue weighted by molar-refractivity contribution is 7.16. The quantitative estimate of drug-likeness (QED) is 0.104. The van der Waals surface area contributed by atoms with Crippen molar-refractivity contribution in [2.24, 2.45) is 0 Å². The number of thiophene rings is 1. The minimum atomic E-state index is -0.324. The number of carbonyl (C=O) groups is 2. The Morgan fingerprint density at radius 3 is 2.00 bits per heavy atom. The molecular formula is C43H42N2O2S. The minimum absolute atomic E-state index is 0.211. The van der Waals surface area contributed by atoms with Crippen molar-refractivity contribution in [2.45, 2.75) is 53.9 Å². The van der Waals surface area contributed by atoms with Gasteiger partial charge in [-0.1, -0.05) is 103 Å². The normalized spacial score (nSPS) is 14.1. The van der Waals surface area contributed by atoms with Crippen LogP contribution in [0.3, 0.4) is 0 Å². The number of aromatic nitrogens is 1. The Morgan fingerprint density at radius 1 is 0.812 bits per heavy atom. The third-order valence-corrected chi connectivity index (χ3v) is 9.63. The molecule has 0 bridgehead atoms. The summed E-state index contributed by atoms with van der Waals surface area (Å²) < 4.78 is 0. The van der Waals surface area contributed by atoms with Crippen LogP contribution in [0.25, 0.3) is 27.4 Å². The SMILES string of the molecule is C=C/C(=C\C=C/C)N(c1ccccc1)c1cnc2c(c1)C(C)(C)c1cc(C=C3C(=O)c4cc5ccccc5cc4C3=O)sc1-2.CC.CC. The number of allylic oxidation sites excluding steroid dienone is 5. The predicted molar refractivity (Wildman–Crippen MR) is 205 cm³/mol. The molecule has 0 aliphatic heterocycles. The molecule has 2 aliphatic carbocycles. The lowest BCUT2D eigenvalue weighted by Gasteiger charge is -2.28. The van der Waals surface area contributed by atoms with Crippen LogP contribution in [-0.2, 0) is 5.41 Å². The average molecular weight is 651 g/mol. The standard InChI is InChI=1S/C39H30N2O2S.2C2H6/c1-5-7-15-26(6-2)41(27-16-9-8-10-17-27)28-20-33-35(40-23-28)38-34(39(33,3)4)22-29(44-38)21-32-36(42)30-18-24-13-11-12-14-25(24)19-31(30)37(32)43;2*1-2/h5-23H,2H2,1,3-4H3;2*1-2H3/b7-5-,26-15+;;. The van der Waals surface area contributed by atoms with Crippen LogP contribution in [-0.4, -0.2) is 16.6 Å². The van der Waals surface area contributed by atoms with Gasteiger partial charge in [0.15, 0.2) is 11.6 Å². The Hall–Kier alpha value is -5.13. The topological polar surface area (TPSA) is 50.3 Å². The van der Waals surface area contributed by atoms with Crippen molar-refractivity contribution < 1.29 is 9.59 Å². The zero-order valence-electron chi connectivity index (χ0n) is 28.8. The van der Waals surface area contributed by atoms with E-state index in [1.54, 1.807) is 17.4 Å². The van der Waals surface area contributed by atoms with E-state index in [1.165, 1.54) is 0 Å². The van der Waals surface area contributed by atoms with Gasteiger partial charge in [0.1, 0.15) is 0 Å². The van der Waals surface area contributed by atoms with Crippen LogP contribution in [0.15, 0.2) is 127 Å². The molecule has 0 N–H and O–H groups in total. The van der Waals surface area contributed by atoms with E-state index in [0.717, 1.165) is 54.4 Å². The average Bonchev–Trinajstić information content (AvgIpc) is 3.72. The van der Waals surface area contributed by atoms with E-state index in [0.29, 0.717) is 11.1 Å². The monoisotopic (exact) mass is 650 g/mol. The molecule has 0 saturated carbocycles. The summed E-state index contributed by atoms with van der Waals surface area (Å²) in [7, 11) is 0. The van der Waals surface area contributed by atoms with Crippen LogP contribution >= 0.6 is 11.3 Å². The highest BCUT2D eigenvalue weighted by atomic mass is 32.1. The molecule has 3 aromatic carbocycles. The zero-order valence-corrected chi connectivity index (χ0v) is 29.6. The fourth-order valence-electron chi connectivity index (χ4n) is 6.24. The number of benzene rings is 3. The maximum atomic E-state index is 13.4.